The highest BCUT2D eigenvalue weighted by atomic mass is 35.5. The first-order valence-electron chi connectivity index (χ1n) is 9.18. The molecule has 1 heterocycles. The zero-order valence-corrected chi connectivity index (χ0v) is 16.2. The van der Waals surface area contributed by atoms with Crippen LogP contribution in [0.3, 0.4) is 0 Å². The Balaban J connectivity index is 1.64. The van der Waals surface area contributed by atoms with Gasteiger partial charge in [0.1, 0.15) is 0 Å². The van der Waals surface area contributed by atoms with E-state index in [1.807, 2.05) is 36.4 Å². The number of halogens is 2. The summed E-state index contributed by atoms with van der Waals surface area (Å²) in [6, 6.07) is 24.9. The molecule has 0 spiro atoms. The van der Waals surface area contributed by atoms with Crippen LogP contribution in [0.15, 0.2) is 77.9 Å². The molecule has 27 heavy (non-hydrogen) atoms. The molecule has 0 bridgehead atoms. The summed E-state index contributed by atoms with van der Waals surface area (Å²) in [5, 5.41) is 8.75. The molecule has 0 radical (unpaired) electrons. The standard InChI is InChI=1S/C23H18Cl2N2/c24-17-8-5-16(6-9-17)23-21-14-7-15-3-1-2-4-20(15)22(21)26-27(23)19-12-10-18(25)11-13-19/h1-6,8-13,21,23H,7,14H2/t21-,23-/m0/s1. The lowest BCUT2D eigenvalue weighted by Gasteiger charge is -2.30. The molecule has 1 aliphatic heterocycles. The summed E-state index contributed by atoms with van der Waals surface area (Å²) in [6.07, 6.45) is 2.17. The lowest BCUT2D eigenvalue weighted by molar-refractivity contribution is 0.510. The Bertz CT molecular complexity index is 1010. The van der Waals surface area contributed by atoms with Crippen molar-refractivity contribution in [2.24, 2.45) is 11.0 Å². The number of fused-ring (bicyclic) bond motifs is 3. The minimum Gasteiger partial charge on any atom is -0.257 e. The van der Waals surface area contributed by atoms with E-state index in [4.69, 9.17) is 28.3 Å². The molecule has 0 saturated carbocycles. The Hall–Kier alpha value is -2.29. The summed E-state index contributed by atoms with van der Waals surface area (Å²) in [5.41, 5.74) is 6.15. The highest BCUT2D eigenvalue weighted by Gasteiger charge is 2.41. The molecule has 1 aliphatic carbocycles. The summed E-state index contributed by atoms with van der Waals surface area (Å²) in [4.78, 5) is 0. The third-order valence-corrected chi connectivity index (χ3v) is 6.04. The second kappa shape index (κ2) is 6.70. The van der Waals surface area contributed by atoms with Gasteiger partial charge in [0, 0.05) is 21.5 Å². The van der Waals surface area contributed by atoms with E-state index in [1.165, 1.54) is 22.4 Å². The van der Waals surface area contributed by atoms with Crippen molar-refractivity contribution in [3.63, 3.8) is 0 Å². The maximum Gasteiger partial charge on any atom is 0.0860 e. The minimum atomic E-state index is 0.159. The van der Waals surface area contributed by atoms with Crippen LogP contribution in [0.5, 0.6) is 0 Å². The van der Waals surface area contributed by atoms with Crippen molar-refractivity contribution in [1.29, 1.82) is 0 Å². The van der Waals surface area contributed by atoms with Gasteiger partial charge >= 0.3 is 0 Å². The quantitative estimate of drug-likeness (QED) is 0.484. The molecular weight excluding hydrogens is 375 g/mol. The normalized spacial score (nSPS) is 20.8. The predicted molar refractivity (Wildman–Crippen MR) is 113 cm³/mol. The second-order valence-corrected chi connectivity index (χ2v) is 7.98. The van der Waals surface area contributed by atoms with Crippen molar-refractivity contribution in [2.45, 2.75) is 18.9 Å². The Labute approximate surface area is 169 Å². The van der Waals surface area contributed by atoms with Gasteiger partial charge in [-0.2, -0.15) is 5.10 Å². The van der Waals surface area contributed by atoms with Crippen LogP contribution in [-0.2, 0) is 6.42 Å². The molecule has 0 unspecified atom stereocenters. The largest absolute Gasteiger partial charge is 0.257 e. The average Bonchev–Trinajstić information content (AvgIpc) is 3.09. The molecule has 0 fully saturated rings. The fourth-order valence-corrected chi connectivity index (χ4v) is 4.52. The molecule has 134 valence electrons. The van der Waals surface area contributed by atoms with Crippen LogP contribution in [0, 0.1) is 5.92 Å². The Morgan fingerprint density at radius 3 is 2.22 bits per heavy atom. The molecule has 2 aliphatic rings. The van der Waals surface area contributed by atoms with Gasteiger partial charge in [-0.1, -0.05) is 59.6 Å². The number of hydrogen-bond donors (Lipinski definition) is 0. The lowest BCUT2D eigenvalue weighted by Crippen LogP contribution is -2.28. The maximum atomic E-state index is 6.14. The molecule has 0 amide bonds. The van der Waals surface area contributed by atoms with Crippen molar-refractivity contribution in [3.8, 4) is 0 Å². The minimum absolute atomic E-state index is 0.159. The van der Waals surface area contributed by atoms with Crippen LogP contribution in [0.4, 0.5) is 5.69 Å². The third-order valence-electron chi connectivity index (χ3n) is 5.53. The zero-order chi connectivity index (χ0) is 18.4. The van der Waals surface area contributed by atoms with Crippen LogP contribution >= 0.6 is 23.2 Å². The van der Waals surface area contributed by atoms with E-state index in [0.29, 0.717) is 5.92 Å². The summed E-state index contributed by atoms with van der Waals surface area (Å²) >= 11 is 12.2. The fourth-order valence-electron chi connectivity index (χ4n) is 4.27. The molecule has 0 aromatic heterocycles. The third kappa shape index (κ3) is 2.93. The molecule has 5 rings (SSSR count). The maximum absolute atomic E-state index is 6.14. The van der Waals surface area contributed by atoms with Crippen molar-refractivity contribution >= 4 is 34.6 Å². The first kappa shape index (κ1) is 16.9. The molecule has 4 heteroatoms. The summed E-state index contributed by atoms with van der Waals surface area (Å²) in [7, 11) is 0. The Morgan fingerprint density at radius 1 is 0.815 bits per heavy atom. The lowest BCUT2D eigenvalue weighted by atomic mass is 9.77. The number of anilines is 1. The van der Waals surface area contributed by atoms with Gasteiger partial charge in [-0.15, -0.1) is 0 Å². The van der Waals surface area contributed by atoms with Gasteiger partial charge in [0.2, 0.25) is 0 Å². The topological polar surface area (TPSA) is 15.6 Å². The predicted octanol–water partition coefficient (Wildman–Crippen LogP) is 6.52. The molecule has 2 atom stereocenters. The second-order valence-electron chi connectivity index (χ2n) is 7.10. The molecule has 3 aromatic rings. The first-order valence-corrected chi connectivity index (χ1v) is 9.93. The molecular formula is C23H18Cl2N2. The van der Waals surface area contributed by atoms with Crippen molar-refractivity contribution in [2.75, 3.05) is 5.01 Å². The summed E-state index contributed by atoms with van der Waals surface area (Å²) in [5.74, 6) is 0.358. The summed E-state index contributed by atoms with van der Waals surface area (Å²) < 4.78 is 0. The van der Waals surface area contributed by atoms with Crippen LogP contribution in [0.2, 0.25) is 10.0 Å². The molecule has 2 nitrogen and oxygen atoms in total. The van der Waals surface area contributed by atoms with Crippen molar-refractivity contribution in [1.82, 2.24) is 0 Å². The number of hydrazone groups is 1. The number of aryl methyl sites for hydroxylation is 1. The zero-order valence-electron chi connectivity index (χ0n) is 14.6. The smallest absolute Gasteiger partial charge is 0.0860 e. The number of benzene rings is 3. The fraction of sp³-hybridized carbons (Fsp3) is 0.174. The monoisotopic (exact) mass is 392 g/mol. The van der Waals surface area contributed by atoms with Crippen molar-refractivity contribution < 1.29 is 0 Å². The number of rotatable bonds is 2. The SMILES string of the molecule is Clc1ccc([C@H]2[C@H]3CCc4ccccc4C3=NN2c2ccc(Cl)cc2)cc1. The van der Waals surface area contributed by atoms with Gasteiger partial charge in [0.15, 0.2) is 0 Å². The Morgan fingerprint density at radius 2 is 1.48 bits per heavy atom. The van der Waals surface area contributed by atoms with Gasteiger partial charge in [-0.05, 0) is 60.4 Å². The van der Waals surface area contributed by atoms with E-state index in [0.717, 1.165) is 28.6 Å². The van der Waals surface area contributed by atoms with E-state index in [9.17, 15) is 0 Å². The van der Waals surface area contributed by atoms with E-state index in [2.05, 4.69) is 41.4 Å². The van der Waals surface area contributed by atoms with Gasteiger partial charge in [0.25, 0.3) is 0 Å². The van der Waals surface area contributed by atoms with Gasteiger partial charge in [-0.25, -0.2) is 0 Å². The van der Waals surface area contributed by atoms with E-state index < -0.39 is 0 Å². The first-order chi connectivity index (χ1) is 13.2. The van der Waals surface area contributed by atoms with Gasteiger partial charge in [0.05, 0.1) is 17.4 Å². The average molecular weight is 393 g/mol. The van der Waals surface area contributed by atoms with Crippen LogP contribution < -0.4 is 5.01 Å². The Kier molecular flexibility index (Phi) is 4.18. The van der Waals surface area contributed by atoms with Crippen LogP contribution in [0.1, 0.15) is 29.2 Å². The van der Waals surface area contributed by atoms with E-state index in [-0.39, 0.29) is 6.04 Å². The highest BCUT2D eigenvalue weighted by molar-refractivity contribution is 6.30. The van der Waals surface area contributed by atoms with Crippen LogP contribution in [0.25, 0.3) is 0 Å². The molecule has 3 aromatic carbocycles. The van der Waals surface area contributed by atoms with Crippen molar-refractivity contribution in [3.05, 3.63) is 99.5 Å². The number of nitrogens with zero attached hydrogens (tertiary/aromatic N) is 2. The van der Waals surface area contributed by atoms with Gasteiger partial charge < -0.3 is 0 Å². The van der Waals surface area contributed by atoms with E-state index >= 15 is 0 Å². The molecule has 0 N–H and O–H groups in total. The molecule has 0 saturated heterocycles. The van der Waals surface area contributed by atoms with E-state index in [1.54, 1.807) is 0 Å². The highest BCUT2D eigenvalue weighted by Crippen LogP contribution is 2.45. The van der Waals surface area contributed by atoms with Gasteiger partial charge in [-0.3, -0.25) is 5.01 Å². The van der Waals surface area contributed by atoms with Crippen LogP contribution in [-0.4, -0.2) is 5.71 Å². The summed E-state index contributed by atoms with van der Waals surface area (Å²) in [6.45, 7) is 0. The number of hydrogen-bond acceptors (Lipinski definition) is 2.